The molecule has 0 radical (unpaired) electrons. The van der Waals surface area contributed by atoms with Crippen molar-refractivity contribution in [1.29, 1.82) is 0 Å². The molecule has 0 bridgehead atoms. The predicted octanol–water partition coefficient (Wildman–Crippen LogP) is 8.13. The van der Waals surface area contributed by atoms with E-state index in [4.69, 9.17) is 9.47 Å². The van der Waals surface area contributed by atoms with E-state index in [1.54, 1.807) is 0 Å². The first-order chi connectivity index (χ1) is 22.3. The molecule has 0 atom stereocenters. The maximum atomic E-state index is 9.85. The molecule has 0 saturated carbocycles. The zero-order valence-corrected chi connectivity index (χ0v) is 24.9. The summed E-state index contributed by atoms with van der Waals surface area (Å²) >= 11 is 0. The molecule has 1 aliphatic carbocycles. The van der Waals surface area contributed by atoms with Gasteiger partial charge in [0.25, 0.3) is 0 Å². The summed E-state index contributed by atoms with van der Waals surface area (Å²) in [6.07, 6.45) is 0. The van der Waals surface area contributed by atoms with Crippen LogP contribution in [-0.4, -0.2) is 36.6 Å². The first-order valence-corrected chi connectivity index (χ1v) is 15.3. The summed E-state index contributed by atoms with van der Waals surface area (Å²) in [4.78, 5) is 0. The van der Waals surface area contributed by atoms with Crippen LogP contribution in [0.2, 0.25) is 0 Å². The fraction of sp³-hybridized carbons (Fsp3) is 0.122. The van der Waals surface area contributed by atoms with Gasteiger partial charge in [0.1, 0.15) is 24.7 Å². The van der Waals surface area contributed by atoms with Crippen LogP contribution < -0.4 is 9.47 Å². The van der Waals surface area contributed by atoms with Crippen molar-refractivity contribution < 1.29 is 19.7 Å². The van der Waals surface area contributed by atoms with E-state index in [-0.39, 0.29) is 26.4 Å². The molecule has 0 aromatic heterocycles. The smallest absolute Gasteiger partial charge is 0.124 e. The van der Waals surface area contributed by atoms with E-state index >= 15 is 0 Å². The summed E-state index contributed by atoms with van der Waals surface area (Å²) in [5.41, 5.74) is 9.87. The molecule has 6 aromatic carbocycles. The summed E-state index contributed by atoms with van der Waals surface area (Å²) in [6.45, 7) is 0.118. The Balaban J connectivity index is 1.63. The van der Waals surface area contributed by atoms with Crippen molar-refractivity contribution >= 4 is 0 Å². The van der Waals surface area contributed by atoms with Gasteiger partial charge in [0.15, 0.2) is 0 Å². The Morgan fingerprint density at radius 1 is 0.400 bits per heavy atom. The highest BCUT2D eigenvalue weighted by Gasteiger charge is 2.49. The molecule has 222 valence electrons. The molecule has 2 N–H and O–H groups in total. The molecule has 0 spiro atoms. The average molecular weight is 591 g/mol. The monoisotopic (exact) mass is 590 g/mol. The lowest BCUT2D eigenvalue weighted by molar-refractivity contribution is 0.197. The van der Waals surface area contributed by atoms with Gasteiger partial charge >= 0.3 is 0 Å². The number of hydrogen-bond acceptors (Lipinski definition) is 4. The Morgan fingerprint density at radius 2 is 0.800 bits per heavy atom. The van der Waals surface area contributed by atoms with Crippen molar-refractivity contribution in [2.24, 2.45) is 0 Å². The van der Waals surface area contributed by atoms with E-state index in [2.05, 4.69) is 97.1 Å². The van der Waals surface area contributed by atoms with Crippen LogP contribution in [0.1, 0.15) is 22.3 Å². The van der Waals surface area contributed by atoms with Crippen molar-refractivity contribution in [3.05, 3.63) is 168 Å². The maximum absolute atomic E-state index is 9.85. The number of rotatable bonds is 10. The van der Waals surface area contributed by atoms with Gasteiger partial charge in [-0.1, -0.05) is 121 Å². The van der Waals surface area contributed by atoms with Gasteiger partial charge in [-0.3, -0.25) is 0 Å². The van der Waals surface area contributed by atoms with E-state index in [0.29, 0.717) is 11.5 Å². The highest BCUT2D eigenvalue weighted by atomic mass is 16.5. The highest BCUT2D eigenvalue weighted by molar-refractivity contribution is 5.89. The van der Waals surface area contributed by atoms with Crippen molar-refractivity contribution in [2.75, 3.05) is 26.4 Å². The Morgan fingerprint density at radius 3 is 1.22 bits per heavy atom. The van der Waals surface area contributed by atoms with E-state index in [1.807, 2.05) is 48.5 Å². The van der Waals surface area contributed by atoms with Crippen LogP contribution in [0, 0.1) is 0 Å². The third-order valence-corrected chi connectivity index (χ3v) is 8.63. The standard InChI is InChI=1S/C41H34O4/c42-23-25-44-39-21-19-31(29-11-3-1-4-12-29)27-37(39)41(35-17-9-7-15-33(35)34-16-8-10-18-36(34)41)38-28-32(30-13-5-2-6-14-30)20-22-40(38)45-26-24-43/h1-22,27-28,42-43H,23-26H2. The number of aliphatic hydroxyl groups excluding tert-OH is 2. The number of fused-ring (bicyclic) bond motifs is 3. The molecular weight excluding hydrogens is 556 g/mol. The Hall–Kier alpha value is -5.16. The molecule has 0 amide bonds. The number of hydrogen-bond donors (Lipinski definition) is 2. The molecule has 0 heterocycles. The first kappa shape index (κ1) is 28.6. The first-order valence-electron chi connectivity index (χ1n) is 15.3. The fourth-order valence-corrected chi connectivity index (χ4v) is 6.79. The minimum Gasteiger partial charge on any atom is -0.491 e. The lowest BCUT2D eigenvalue weighted by Gasteiger charge is -2.36. The number of benzene rings is 6. The lowest BCUT2D eigenvalue weighted by atomic mass is 9.66. The molecule has 4 heteroatoms. The number of ether oxygens (including phenoxy) is 2. The van der Waals surface area contributed by atoms with Crippen LogP contribution in [0.15, 0.2) is 146 Å². The van der Waals surface area contributed by atoms with Crippen LogP contribution in [0.5, 0.6) is 11.5 Å². The van der Waals surface area contributed by atoms with Crippen LogP contribution in [0.4, 0.5) is 0 Å². The average Bonchev–Trinajstić information content (AvgIpc) is 3.41. The van der Waals surface area contributed by atoms with E-state index in [0.717, 1.165) is 55.6 Å². The second-order valence-corrected chi connectivity index (χ2v) is 11.1. The van der Waals surface area contributed by atoms with E-state index in [1.165, 1.54) is 0 Å². The van der Waals surface area contributed by atoms with Crippen molar-refractivity contribution in [1.82, 2.24) is 0 Å². The second kappa shape index (κ2) is 12.4. The second-order valence-electron chi connectivity index (χ2n) is 11.1. The Kier molecular flexibility index (Phi) is 7.91. The summed E-state index contributed by atoms with van der Waals surface area (Å²) < 4.78 is 12.7. The van der Waals surface area contributed by atoms with E-state index in [9.17, 15) is 10.2 Å². The van der Waals surface area contributed by atoms with Crippen LogP contribution in [0.3, 0.4) is 0 Å². The zero-order chi connectivity index (χ0) is 30.6. The Bertz CT molecular complexity index is 1790. The number of aliphatic hydroxyl groups is 2. The third-order valence-electron chi connectivity index (χ3n) is 8.63. The summed E-state index contributed by atoms with van der Waals surface area (Å²) in [7, 11) is 0. The normalized spacial score (nSPS) is 12.8. The quantitative estimate of drug-likeness (QED) is 0.169. The predicted molar refractivity (Wildman–Crippen MR) is 180 cm³/mol. The topological polar surface area (TPSA) is 58.9 Å². The van der Waals surface area contributed by atoms with Crippen LogP contribution in [-0.2, 0) is 5.41 Å². The van der Waals surface area contributed by atoms with Gasteiger partial charge in [0.05, 0.1) is 18.6 Å². The van der Waals surface area contributed by atoms with Gasteiger partial charge in [-0.05, 0) is 68.8 Å². The molecule has 1 aliphatic rings. The molecule has 0 fully saturated rings. The fourth-order valence-electron chi connectivity index (χ4n) is 6.79. The van der Waals surface area contributed by atoms with Crippen LogP contribution >= 0.6 is 0 Å². The van der Waals surface area contributed by atoms with Crippen LogP contribution in [0.25, 0.3) is 33.4 Å². The third kappa shape index (κ3) is 4.98. The van der Waals surface area contributed by atoms with Gasteiger partial charge in [-0.25, -0.2) is 0 Å². The molecule has 0 aliphatic heterocycles. The molecule has 45 heavy (non-hydrogen) atoms. The lowest BCUT2D eigenvalue weighted by Crippen LogP contribution is -2.30. The van der Waals surface area contributed by atoms with Crippen molar-refractivity contribution in [3.63, 3.8) is 0 Å². The summed E-state index contributed by atoms with van der Waals surface area (Å²) in [5, 5.41) is 19.7. The Labute approximate surface area is 263 Å². The summed E-state index contributed by atoms with van der Waals surface area (Å²) in [6, 6.07) is 50.4. The molecule has 0 saturated heterocycles. The molecular formula is C41H34O4. The van der Waals surface area contributed by atoms with Crippen molar-refractivity contribution in [2.45, 2.75) is 5.41 Å². The van der Waals surface area contributed by atoms with Gasteiger partial charge in [-0.2, -0.15) is 0 Å². The van der Waals surface area contributed by atoms with E-state index < -0.39 is 5.41 Å². The molecule has 6 aromatic rings. The van der Waals surface area contributed by atoms with Gasteiger partial charge in [0, 0.05) is 11.1 Å². The highest BCUT2D eigenvalue weighted by Crippen LogP contribution is 2.60. The van der Waals surface area contributed by atoms with Crippen molar-refractivity contribution in [3.8, 4) is 44.9 Å². The molecule has 7 rings (SSSR count). The molecule has 0 unspecified atom stereocenters. The van der Waals surface area contributed by atoms with Gasteiger partial charge in [0.2, 0.25) is 0 Å². The molecule has 4 nitrogen and oxygen atoms in total. The minimum atomic E-state index is -0.849. The van der Waals surface area contributed by atoms with Gasteiger partial charge in [-0.15, -0.1) is 0 Å². The van der Waals surface area contributed by atoms with Gasteiger partial charge < -0.3 is 19.7 Å². The largest absolute Gasteiger partial charge is 0.491 e. The summed E-state index contributed by atoms with van der Waals surface area (Å²) in [5.74, 6) is 1.38. The maximum Gasteiger partial charge on any atom is 0.124 e. The zero-order valence-electron chi connectivity index (χ0n) is 24.9. The SMILES string of the molecule is OCCOc1ccc(-c2ccccc2)cc1C1(c2cc(-c3ccccc3)ccc2OCCO)c2ccccc2-c2ccccc21. The minimum absolute atomic E-state index is 0.103.